The van der Waals surface area contributed by atoms with Crippen LogP contribution >= 0.6 is 11.8 Å². The van der Waals surface area contributed by atoms with Crippen LogP contribution in [0.1, 0.15) is 26.6 Å². The Hall–Kier alpha value is -1.04. The number of hydrogen-bond acceptors (Lipinski definition) is 4. The SMILES string of the molecule is Cn1nc(C(C)(C)C)nc1SCC(=O)O. The number of thioether (sulfide) groups is 1. The number of carboxylic acid groups (broad SMARTS) is 1. The summed E-state index contributed by atoms with van der Waals surface area (Å²) in [4.78, 5) is 14.7. The van der Waals surface area contributed by atoms with Gasteiger partial charge >= 0.3 is 5.97 Å². The monoisotopic (exact) mass is 229 g/mol. The Morgan fingerprint density at radius 1 is 1.53 bits per heavy atom. The molecule has 1 aromatic rings. The molecule has 0 unspecified atom stereocenters. The first kappa shape index (κ1) is 12.0. The van der Waals surface area contributed by atoms with Crippen LogP contribution in [0.2, 0.25) is 0 Å². The van der Waals surface area contributed by atoms with Gasteiger partial charge in [0, 0.05) is 12.5 Å². The van der Waals surface area contributed by atoms with Crippen molar-refractivity contribution in [1.82, 2.24) is 14.8 Å². The van der Waals surface area contributed by atoms with Crippen LogP contribution < -0.4 is 0 Å². The van der Waals surface area contributed by atoms with Crippen LogP contribution in [0.15, 0.2) is 5.16 Å². The topological polar surface area (TPSA) is 68.0 Å². The van der Waals surface area contributed by atoms with Gasteiger partial charge in [0.15, 0.2) is 11.0 Å². The van der Waals surface area contributed by atoms with Crippen LogP contribution in [0.3, 0.4) is 0 Å². The molecule has 0 fully saturated rings. The second-order valence-electron chi connectivity index (χ2n) is 4.27. The molecule has 0 radical (unpaired) electrons. The van der Waals surface area contributed by atoms with Crippen LogP contribution in [-0.2, 0) is 17.3 Å². The first-order valence-corrected chi connectivity index (χ1v) is 5.55. The van der Waals surface area contributed by atoms with Gasteiger partial charge in [-0.15, -0.1) is 0 Å². The van der Waals surface area contributed by atoms with E-state index in [-0.39, 0.29) is 11.2 Å². The summed E-state index contributed by atoms with van der Waals surface area (Å²) in [5.74, 6) is -0.103. The molecule has 0 aliphatic carbocycles. The first-order chi connectivity index (χ1) is 6.80. The first-order valence-electron chi connectivity index (χ1n) is 4.57. The third-order valence-electron chi connectivity index (χ3n) is 1.72. The van der Waals surface area contributed by atoms with E-state index in [2.05, 4.69) is 10.1 Å². The molecule has 1 N–H and O–H groups in total. The second-order valence-corrected chi connectivity index (χ2v) is 5.22. The van der Waals surface area contributed by atoms with E-state index in [1.54, 1.807) is 11.7 Å². The molecule has 1 heterocycles. The molecule has 0 atom stereocenters. The molecule has 84 valence electrons. The van der Waals surface area contributed by atoms with Crippen molar-refractivity contribution in [2.45, 2.75) is 31.3 Å². The van der Waals surface area contributed by atoms with Crippen molar-refractivity contribution in [1.29, 1.82) is 0 Å². The lowest BCUT2D eigenvalue weighted by Crippen LogP contribution is -2.13. The van der Waals surface area contributed by atoms with Crippen molar-refractivity contribution in [2.24, 2.45) is 7.05 Å². The molecule has 1 rings (SSSR count). The zero-order chi connectivity index (χ0) is 11.6. The lowest BCUT2D eigenvalue weighted by Gasteiger charge is -2.11. The third kappa shape index (κ3) is 3.23. The Balaban J connectivity index is 2.82. The number of nitrogens with zero attached hydrogens (tertiary/aromatic N) is 3. The molecule has 1 aromatic heterocycles. The molecule has 0 saturated heterocycles. The molecular formula is C9H15N3O2S. The second kappa shape index (κ2) is 4.22. The van der Waals surface area contributed by atoms with E-state index >= 15 is 0 Å². The predicted octanol–water partition coefficient (Wildman–Crippen LogP) is 1.29. The molecule has 0 aromatic carbocycles. The van der Waals surface area contributed by atoms with E-state index in [4.69, 9.17) is 5.11 Å². The molecular weight excluding hydrogens is 214 g/mol. The van der Waals surface area contributed by atoms with Crippen molar-refractivity contribution in [3.63, 3.8) is 0 Å². The van der Waals surface area contributed by atoms with Gasteiger partial charge in [-0.3, -0.25) is 4.79 Å². The molecule has 15 heavy (non-hydrogen) atoms. The summed E-state index contributed by atoms with van der Waals surface area (Å²) in [6, 6.07) is 0. The molecule has 0 bridgehead atoms. The van der Waals surface area contributed by atoms with Crippen LogP contribution in [0, 0.1) is 0 Å². The minimum absolute atomic E-state index is 0.0100. The highest BCUT2D eigenvalue weighted by Gasteiger charge is 2.21. The molecule has 0 aliphatic rings. The highest BCUT2D eigenvalue weighted by atomic mass is 32.2. The number of aromatic nitrogens is 3. The number of carboxylic acids is 1. The smallest absolute Gasteiger partial charge is 0.313 e. The number of hydrogen-bond donors (Lipinski definition) is 1. The maximum atomic E-state index is 10.4. The summed E-state index contributed by atoms with van der Waals surface area (Å²) >= 11 is 1.18. The quantitative estimate of drug-likeness (QED) is 0.791. The van der Waals surface area contributed by atoms with Crippen LogP contribution in [0.5, 0.6) is 0 Å². The average Bonchev–Trinajstić information content (AvgIpc) is 2.42. The Labute approximate surface area is 92.9 Å². The van der Waals surface area contributed by atoms with E-state index in [0.717, 1.165) is 5.82 Å². The van der Waals surface area contributed by atoms with Crippen molar-refractivity contribution in [3.8, 4) is 0 Å². The summed E-state index contributed by atoms with van der Waals surface area (Å²) in [6.07, 6.45) is 0. The normalized spacial score (nSPS) is 11.7. The van der Waals surface area contributed by atoms with Crippen LogP contribution in [-0.4, -0.2) is 31.6 Å². The maximum absolute atomic E-state index is 10.4. The van der Waals surface area contributed by atoms with E-state index < -0.39 is 5.97 Å². The minimum atomic E-state index is -0.847. The molecule has 5 nitrogen and oxygen atoms in total. The van der Waals surface area contributed by atoms with Gasteiger partial charge in [-0.25, -0.2) is 9.67 Å². The van der Waals surface area contributed by atoms with Gasteiger partial charge < -0.3 is 5.11 Å². The summed E-state index contributed by atoms with van der Waals surface area (Å²) in [5.41, 5.74) is -0.111. The fourth-order valence-corrected chi connectivity index (χ4v) is 1.57. The molecule has 0 amide bonds. The lowest BCUT2D eigenvalue weighted by molar-refractivity contribution is -0.133. The summed E-state index contributed by atoms with van der Waals surface area (Å²) in [5, 5.41) is 13.4. The number of aliphatic carboxylic acids is 1. The maximum Gasteiger partial charge on any atom is 0.313 e. The largest absolute Gasteiger partial charge is 0.481 e. The molecule has 0 aliphatic heterocycles. The van der Waals surface area contributed by atoms with Crippen LogP contribution in [0.4, 0.5) is 0 Å². The van der Waals surface area contributed by atoms with Crippen molar-refractivity contribution >= 4 is 17.7 Å². The zero-order valence-electron chi connectivity index (χ0n) is 9.31. The standard InChI is InChI=1S/C9H15N3O2S/c1-9(2,3)7-10-8(12(4)11-7)15-5-6(13)14/h5H2,1-4H3,(H,13,14). The van der Waals surface area contributed by atoms with Gasteiger partial charge in [0.25, 0.3) is 0 Å². The van der Waals surface area contributed by atoms with Crippen molar-refractivity contribution in [2.75, 3.05) is 5.75 Å². The molecule has 0 saturated carbocycles. The fraction of sp³-hybridized carbons (Fsp3) is 0.667. The van der Waals surface area contributed by atoms with E-state index in [1.807, 2.05) is 20.8 Å². The third-order valence-corrected chi connectivity index (χ3v) is 2.72. The van der Waals surface area contributed by atoms with Crippen molar-refractivity contribution in [3.05, 3.63) is 5.82 Å². The summed E-state index contributed by atoms with van der Waals surface area (Å²) < 4.78 is 1.62. The average molecular weight is 229 g/mol. The zero-order valence-corrected chi connectivity index (χ0v) is 10.1. The van der Waals surface area contributed by atoms with Gasteiger partial charge in [-0.05, 0) is 0 Å². The minimum Gasteiger partial charge on any atom is -0.481 e. The number of carbonyl (C=O) groups is 1. The summed E-state index contributed by atoms with van der Waals surface area (Å²) in [6.45, 7) is 6.07. The summed E-state index contributed by atoms with van der Waals surface area (Å²) in [7, 11) is 1.77. The van der Waals surface area contributed by atoms with Gasteiger partial charge in [0.2, 0.25) is 0 Å². The van der Waals surface area contributed by atoms with Crippen LogP contribution in [0.25, 0.3) is 0 Å². The van der Waals surface area contributed by atoms with Crippen molar-refractivity contribution < 1.29 is 9.90 Å². The lowest BCUT2D eigenvalue weighted by atomic mass is 9.96. The Morgan fingerprint density at radius 2 is 2.13 bits per heavy atom. The van der Waals surface area contributed by atoms with Gasteiger partial charge in [0.05, 0.1) is 5.75 Å². The van der Waals surface area contributed by atoms with Gasteiger partial charge in [-0.1, -0.05) is 32.5 Å². The Kier molecular flexibility index (Phi) is 3.38. The van der Waals surface area contributed by atoms with E-state index in [1.165, 1.54) is 11.8 Å². The molecule has 6 heteroatoms. The highest BCUT2D eigenvalue weighted by Crippen LogP contribution is 2.22. The van der Waals surface area contributed by atoms with E-state index in [0.29, 0.717) is 5.16 Å². The Bertz CT molecular complexity index is 368. The van der Waals surface area contributed by atoms with Gasteiger partial charge in [-0.2, -0.15) is 5.10 Å². The highest BCUT2D eigenvalue weighted by molar-refractivity contribution is 7.99. The number of aryl methyl sites for hydroxylation is 1. The van der Waals surface area contributed by atoms with E-state index in [9.17, 15) is 4.79 Å². The predicted molar refractivity (Wildman–Crippen MR) is 58.1 cm³/mol. The fourth-order valence-electron chi connectivity index (χ4n) is 0.940. The number of rotatable bonds is 3. The van der Waals surface area contributed by atoms with Gasteiger partial charge in [0.1, 0.15) is 0 Å². The Morgan fingerprint density at radius 3 is 2.53 bits per heavy atom. The molecule has 0 spiro atoms.